The number of carbonyl (C=O) groups excluding carboxylic acids is 2. The number of amides is 1. The molecule has 0 fully saturated rings. The van der Waals surface area contributed by atoms with Gasteiger partial charge in [-0.3, -0.25) is 14.9 Å². The smallest absolute Gasteiger partial charge is 0.349 e. The second kappa shape index (κ2) is 9.84. The van der Waals surface area contributed by atoms with Crippen LogP contribution in [-0.2, 0) is 4.74 Å². The average molecular weight is 440 g/mol. The van der Waals surface area contributed by atoms with Crippen LogP contribution in [-0.4, -0.2) is 37.1 Å². The van der Waals surface area contributed by atoms with Gasteiger partial charge < -0.3 is 19.2 Å². The molecule has 0 saturated carbocycles. The maximum absolute atomic E-state index is 12.4. The molecule has 0 bridgehead atoms. The summed E-state index contributed by atoms with van der Waals surface area (Å²) in [7, 11) is 1.55. The lowest BCUT2D eigenvalue weighted by atomic mass is 10.1. The molecule has 1 aromatic heterocycles. The number of hydrogen-bond donors (Lipinski definition) is 1. The van der Waals surface area contributed by atoms with Crippen LogP contribution in [0.1, 0.15) is 32.7 Å². The number of ether oxygens (including phenoxy) is 2. The lowest BCUT2D eigenvalue weighted by Gasteiger charge is -2.07. The Balaban J connectivity index is 1.79. The van der Waals surface area contributed by atoms with Gasteiger partial charge in [0, 0.05) is 43.3 Å². The van der Waals surface area contributed by atoms with Gasteiger partial charge in [0.25, 0.3) is 11.6 Å². The first-order valence-corrected chi connectivity index (χ1v) is 9.62. The zero-order chi connectivity index (χ0) is 23.3. The van der Waals surface area contributed by atoms with E-state index >= 15 is 0 Å². The molecule has 1 N–H and O–H groups in total. The maximum atomic E-state index is 12.4. The quantitative estimate of drug-likeness (QED) is 0.141. The minimum absolute atomic E-state index is 0.00402. The van der Waals surface area contributed by atoms with Gasteiger partial charge in [-0.2, -0.15) is 0 Å². The van der Waals surface area contributed by atoms with Crippen LogP contribution in [0.4, 0.5) is 5.69 Å². The van der Waals surface area contributed by atoms with Crippen molar-refractivity contribution in [1.82, 2.24) is 5.32 Å². The normalized spacial score (nSPS) is 10.7. The number of fused-ring (bicyclic) bond motifs is 1. The molecule has 166 valence electrons. The zero-order valence-electron chi connectivity index (χ0n) is 17.4. The summed E-state index contributed by atoms with van der Waals surface area (Å²) >= 11 is 0. The Bertz CT molecular complexity index is 1250. The zero-order valence-corrected chi connectivity index (χ0v) is 17.4. The van der Waals surface area contributed by atoms with Crippen molar-refractivity contribution in [1.29, 1.82) is 0 Å². The largest absolute Gasteiger partial charge is 0.423 e. The molecular formula is C22H20N2O8. The molecule has 10 heteroatoms. The van der Waals surface area contributed by atoms with Crippen molar-refractivity contribution < 1.29 is 28.4 Å². The van der Waals surface area contributed by atoms with Gasteiger partial charge in [0.1, 0.15) is 16.9 Å². The molecule has 1 heterocycles. The van der Waals surface area contributed by atoms with Crippen molar-refractivity contribution in [3.63, 3.8) is 0 Å². The number of nitrogens with zero attached hydrogens (tertiary/aromatic N) is 1. The highest BCUT2D eigenvalue weighted by atomic mass is 16.6. The van der Waals surface area contributed by atoms with Gasteiger partial charge in [0.15, 0.2) is 0 Å². The fourth-order valence-corrected chi connectivity index (χ4v) is 2.93. The van der Waals surface area contributed by atoms with Crippen molar-refractivity contribution in [2.45, 2.75) is 13.3 Å². The predicted octanol–water partition coefficient (Wildman–Crippen LogP) is 3.00. The summed E-state index contributed by atoms with van der Waals surface area (Å²) in [6.45, 7) is 2.38. The van der Waals surface area contributed by atoms with Crippen LogP contribution < -0.4 is 15.7 Å². The molecule has 0 unspecified atom stereocenters. The topological polar surface area (TPSA) is 138 Å². The van der Waals surface area contributed by atoms with Crippen LogP contribution in [0.3, 0.4) is 0 Å². The fraction of sp³-hybridized carbons (Fsp3) is 0.227. The first-order chi connectivity index (χ1) is 15.3. The Hall–Kier alpha value is -4.05. The van der Waals surface area contributed by atoms with E-state index in [1.807, 2.05) is 0 Å². The van der Waals surface area contributed by atoms with E-state index in [1.165, 1.54) is 36.4 Å². The van der Waals surface area contributed by atoms with E-state index in [2.05, 4.69) is 5.32 Å². The number of nitro groups is 1. The van der Waals surface area contributed by atoms with E-state index in [0.29, 0.717) is 30.5 Å². The number of nitrogens with one attached hydrogen (secondary N) is 1. The number of aryl methyl sites for hydroxylation is 1. The highest BCUT2D eigenvalue weighted by Crippen LogP contribution is 2.23. The van der Waals surface area contributed by atoms with E-state index in [4.69, 9.17) is 13.9 Å². The van der Waals surface area contributed by atoms with Gasteiger partial charge in [0.05, 0.1) is 10.5 Å². The third kappa shape index (κ3) is 5.16. The minimum atomic E-state index is -0.834. The summed E-state index contributed by atoms with van der Waals surface area (Å²) in [4.78, 5) is 47.3. The van der Waals surface area contributed by atoms with Crippen LogP contribution in [0, 0.1) is 17.0 Å². The Labute approximate surface area is 181 Å². The monoisotopic (exact) mass is 440 g/mol. The highest BCUT2D eigenvalue weighted by Gasteiger charge is 2.18. The van der Waals surface area contributed by atoms with E-state index in [9.17, 15) is 24.5 Å². The summed E-state index contributed by atoms with van der Waals surface area (Å²) in [5, 5.41) is 14.1. The molecule has 32 heavy (non-hydrogen) atoms. The SMILES string of the molecule is COCCCNC(=O)c1cc2ccc(OC(=O)c3ccc(C)c([N+](=O)[O-])c3)cc2oc1=O. The molecule has 0 spiro atoms. The van der Waals surface area contributed by atoms with Gasteiger partial charge >= 0.3 is 11.6 Å². The van der Waals surface area contributed by atoms with Crippen LogP contribution in [0.2, 0.25) is 0 Å². The number of hydrogen-bond acceptors (Lipinski definition) is 8. The second-order valence-electron chi connectivity index (χ2n) is 6.90. The highest BCUT2D eigenvalue weighted by molar-refractivity contribution is 5.97. The Morgan fingerprint density at radius 2 is 1.94 bits per heavy atom. The molecule has 0 aliphatic rings. The Morgan fingerprint density at radius 1 is 1.16 bits per heavy atom. The lowest BCUT2D eigenvalue weighted by molar-refractivity contribution is -0.385. The standard InChI is InChI=1S/C22H20N2O8/c1-13-4-5-15(11-18(13)24(28)29)21(26)31-16-7-6-14-10-17(22(27)32-19(14)12-16)20(25)23-8-3-9-30-2/h4-7,10-12H,3,8-9H2,1-2H3,(H,23,25). The van der Waals surface area contributed by atoms with Gasteiger partial charge in [-0.15, -0.1) is 0 Å². The van der Waals surface area contributed by atoms with Crippen molar-refractivity contribution in [2.24, 2.45) is 0 Å². The van der Waals surface area contributed by atoms with E-state index in [0.717, 1.165) is 6.07 Å². The van der Waals surface area contributed by atoms with Crippen molar-refractivity contribution in [2.75, 3.05) is 20.3 Å². The van der Waals surface area contributed by atoms with Crippen molar-refractivity contribution in [3.8, 4) is 5.75 Å². The molecule has 0 atom stereocenters. The molecule has 0 aliphatic heterocycles. The number of carbonyl (C=O) groups is 2. The van der Waals surface area contributed by atoms with Gasteiger partial charge in [-0.25, -0.2) is 9.59 Å². The number of rotatable bonds is 8. The molecule has 0 radical (unpaired) electrons. The number of esters is 1. The summed E-state index contributed by atoms with van der Waals surface area (Å²) in [6, 6.07) is 9.72. The summed E-state index contributed by atoms with van der Waals surface area (Å²) in [6.07, 6.45) is 0.597. The van der Waals surface area contributed by atoms with Gasteiger partial charge in [0.2, 0.25) is 0 Å². The number of nitro benzene ring substituents is 1. The fourth-order valence-electron chi connectivity index (χ4n) is 2.93. The van der Waals surface area contributed by atoms with Crippen LogP contribution in [0.5, 0.6) is 5.75 Å². The summed E-state index contributed by atoms with van der Waals surface area (Å²) in [5.74, 6) is -1.29. The Morgan fingerprint density at radius 3 is 2.66 bits per heavy atom. The molecule has 1 amide bonds. The lowest BCUT2D eigenvalue weighted by Crippen LogP contribution is -2.29. The van der Waals surface area contributed by atoms with Crippen LogP contribution >= 0.6 is 0 Å². The molecule has 0 aliphatic carbocycles. The predicted molar refractivity (Wildman–Crippen MR) is 114 cm³/mol. The average Bonchev–Trinajstić information content (AvgIpc) is 2.76. The molecule has 0 saturated heterocycles. The summed E-state index contributed by atoms with van der Waals surface area (Å²) < 4.78 is 15.4. The first kappa shape index (κ1) is 22.6. The van der Waals surface area contributed by atoms with Gasteiger partial charge in [-0.1, -0.05) is 6.07 Å². The van der Waals surface area contributed by atoms with E-state index in [-0.39, 0.29) is 28.1 Å². The molecule has 3 aromatic rings. The molecule has 2 aromatic carbocycles. The second-order valence-corrected chi connectivity index (χ2v) is 6.90. The summed E-state index contributed by atoms with van der Waals surface area (Å²) in [5.41, 5.74) is -0.643. The van der Waals surface area contributed by atoms with E-state index < -0.39 is 22.4 Å². The number of methoxy groups -OCH3 is 1. The molecule has 3 rings (SSSR count). The van der Waals surface area contributed by atoms with Crippen molar-refractivity contribution in [3.05, 3.63) is 79.7 Å². The third-order valence-electron chi connectivity index (χ3n) is 4.61. The molecule has 10 nitrogen and oxygen atoms in total. The number of benzene rings is 2. The van der Waals surface area contributed by atoms with Crippen LogP contribution in [0.25, 0.3) is 11.0 Å². The van der Waals surface area contributed by atoms with Gasteiger partial charge in [-0.05, 0) is 37.6 Å². The first-order valence-electron chi connectivity index (χ1n) is 9.62. The third-order valence-corrected chi connectivity index (χ3v) is 4.61. The minimum Gasteiger partial charge on any atom is -0.423 e. The van der Waals surface area contributed by atoms with Crippen LogP contribution in [0.15, 0.2) is 51.7 Å². The Kier molecular flexibility index (Phi) is 6.96. The molecular weight excluding hydrogens is 420 g/mol. The van der Waals surface area contributed by atoms with Crippen molar-refractivity contribution >= 4 is 28.5 Å². The maximum Gasteiger partial charge on any atom is 0.349 e. The van der Waals surface area contributed by atoms with E-state index in [1.54, 1.807) is 14.0 Å².